The van der Waals surface area contributed by atoms with Gasteiger partial charge in [-0.3, -0.25) is 0 Å². The quantitative estimate of drug-likeness (QED) is 0.698. The molecule has 1 aromatic rings. The van der Waals surface area contributed by atoms with Gasteiger partial charge in [0.1, 0.15) is 0 Å². The first-order chi connectivity index (χ1) is 6.09. The molecule has 0 saturated heterocycles. The van der Waals surface area contributed by atoms with Crippen LogP contribution in [0.25, 0.3) is 0 Å². The van der Waals surface area contributed by atoms with E-state index < -0.39 is 0 Å². The number of hydrogen-bond donors (Lipinski definition) is 0. The number of rotatable bonds is 3. The van der Waals surface area contributed by atoms with Crippen molar-refractivity contribution in [2.24, 2.45) is 0 Å². The average molecular weight is 241 g/mol. The second-order valence-corrected chi connectivity index (χ2v) is 5.45. The van der Waals surface area contributed by atoms with Gasteiger partial charge < -0.3 is 0 Å². The Labute approximate surface area is 89.5 Å². The van der Waals surface area contributed by atoms with Gasteiger partial charge >= 0.3 is 0 Å². The summed E-state index contributed by atoms with van der Waals surface area (Å²) in [5, 5.41) is 0. The van der Waals surface area contributed by atoms with Crippen LogP contribution in [0.3, 0.4) is 0 Å². The standard InChI is InChI=1S/C12H17Br/c1-9(2)12-6-4-5-11(8-12)7-10(3)13/h4-6,8-10H,7H2,1-3H3. The molecule has 0 bridgehead atoms. The van der Waals surface area contributed by atoms with E-state index in [1.807, 2.05) is 0 Å². The lowest BCUT2D eigenvalue weighted by Gasteiger charge is -2.08. The van der Waals surface area contributed by atoms with Crippen LogP contribution < -0.4 is 0 Å². The van der Waals surface area contributed by atoms with Gasteiger partial charge in [0.15, 0.2) is 0 Å². The second-order valence-electron chi connectivity index (χ2n) is 3.88. The number of alkyl halides is 1. The minimum atomic E-state index is 0.565. The average Bonchev–Trinajstić information content (AvgIpc) is 2.03. The van der Waals surface area contributed by atoms with Gasteiger partial charge in [-0.1, -0.05) is 61.0 Å². The minimum absolute atomic E-state index is 0.565. The van der Waals surface area contributed by atoms with Crippen molar-refractivity contribution in [1.82, 2.24) is 0 Å². The van der Waals surface area contributed by atoms with E-state index in [9.17, 15) is 0 Å². The Morgan fingerprint density at radius 2 is 1.92 bits per heavy atom. The summed E-state index contributed by atoms with van der Waals surface area (Å²) in [5.41, 5.74) is 2.86. The van der Waals surface area contributed by atoms with Crippen LogP contribution in [0.4, 0.5) is 0 Å². The van der Waals surface area contributed by atoms with E-state index in [0.717, 1.165) is 6.42 Å². The highest BCUT2D eigenvalue weighted by Gasteiger charge is 2.02. The molecule has 13 heavy (non-hydrogen) atoms. The van der Waals surface area contributed by atoms with Gasteiger partial charge in [0.05, 0.1) is 0 Å². The fourth-order valence-electron chi connectivity index (χ4n) is 1.40. The zero-order valence-corrected chi connectivity index (χ0v) is 10.1. The molecule has 1 atom stereocenters. The predicted octanol–water partition coefficient (Wildman–Crippen LogP) is 4.14. The molecule has 0 aromatic heterocycles. The van der Waals surface area contributed by atoms with E-state index >= 15 is 0 Å². The van der Waals surface area contributed by atoms with Crippen molar-refractivity contribution in [2.75, 3.05) is 0 Å². The summed E-state index contributed by atoms with van der Waals surface area (Å²) in [6.45, 7) is 6.65. The lowest BCUT2D eigenvalue weighted by molar-refractivity contribution is 0.858. The highest BCUT2D eigenvalue weighted by atomic mass is 79.9. The molecule has 0 spiro atoms. The SMILES string of the molecule is CC(Br)Cc1cccc(C(C)C)c1. The van der Waals surface area contributed by atoms with E-state index in [2.05, 4.69) is 61.0 Å². The zero-order valence-electron chi connectivity index (χ0n) is 8.55. The normalized spacial score (nSPS) is 13.3. The molecule has 0 heterocycles. The molecule has 0 amide bonds. The van der Waals surface area contributed by atoms with Crippen LogP contribution in [0.2, 0.25) is 0 Å². The van der Waals surface area contributed by atoms with Gasteiger partial charge in [0, 0.05) is 4.83 Å². The fraction of sp³-hybridized carbons (Fsp3) is 0.500. The molecule has 0 N–H and O–H groups in total. The molecule has 0 saturated carbocycles. The molecule has 0 radical (unpaired) electrons. The van der Waals surface area contributed by atoms with Crippen LogP contribution in [0.5, 0.6) is 0 Å². The van der Waals surface area contributed by atoms with Crippen molar-refractivity contribution in [3.63, 3.8) is 0 Å². The zero-order chi connectivity index (χ0) is 9.84. The first-order valence-corrected chi connectivity index (χ1v) is 5.74. The fourth-order valence-corrected chi connectivity index (χ4v) is 1.78. The van der Waals surface area contributed by atoms with Crippen molar-refractivity contribution in [3.05, 3.63) is 35.4 Å². The summed E-state index contributed by atoms with van der Waals surface area (Å²) in [6, 6.07) is 8.86. The lowest BCUT2D eigenvalue weighted by Crippen LogP contribution is -1.97. The summed E-state index contributed by atoms with van der Waals surface area (Å²) < 4.78 is 0. The third kappa shape index (κ3) is 3.51. The van der Waals surface area contributed by atoms with Crippen LogP contribution in [0, 0.1) is 0 Å². The summed E-state index contributed by atoms with van der Waals surface area (Å²) in [4.78, 5) is 0.565. The number of hydrogen-bond acceptors (Lipinski definition) is 0. The first-order valence-electron chi connectivity index (χ1n) is 4.82. The molecule has 1 heteroatoms. The topological polar surface area (TPSA) is 0 Å². The van der Waals surface area contributed by atoms with E-state index in [-0.39, 0.29) is 0 Å². The molecule has 0 aliphatic carbocycles. The van der Waals surface area contributed by atoms with Crippen molar-refractivity contribution in [2.45, 2.75) is 37.9 Å². The highest BCUT2D eigenvalue weighted by Crippen LogP contribution is 2.17. The Morgan fingerprint density at radius 1 is 1.23 bits per heavy atom. The molecule has 72 valence electrons. The van der Waals surface area contributed by atoms with Gasteiger partial charge in [-0.25, -0.2) is 0 Å². The Hall–Kier alpha value is -0.300. The van der Waals surface area contributed by atoms with Crippen molar-refractivity contribution in [3.8, 4) is 0 Å². The lowest BCUT2D eigenvalue weighted by atomic mass is 9.99. The third-order valence-corrected chi connectivity index (χ3v) is 2.46. The van der Waals surface area contributed by atoms with Crippen LogP contribution in [-0.4, -0.2) is 4.83 Å². The highest BCUT2D eigenvalue weighted by molar-refractivity contribution is 9.09. The Morgan fingerprint density at radius 3 is 2.46 bits per heavy atom. The maximum Gasteiger partial charge on any atom is 0.0157 e. The van der Waals surface area contributed by atoms with Gasteiger partial charge in [0.25, 0.3) is 0 Å². The predicted molar refractivity (Wildman–Crippen MR) is 62.6 cm³/mol. The summed E-state index contributed by atoms with van der Waals surface area (Å²) in [6.07, 6.45) is 1.11. The van der Waals surface area contributed by atoms with Gasteiger partial charge in [-0.2, -0.15) is 0 Å². The monoisotopic (exact) mass is 240 g/mol. The summed E-state index contributed by atoms with van der Waals surface area (Å²) >= 11 is 3.57. The van der Waals surface area contributed by atoms with Gasteiger partial charge in [-0.15, -0.1) is 0 Å². The largest absolute Gasteiger partial charge is 0.0890 e. The second kappa shape index (κ2) is 4.80. The molecular weight excluding hydrogens is 224 g/mol. The van der Waals surface area contributed by atoms with Crippen LogP contribution in [-0.2, 0) is 6.42 Å². The van der Waals surface area contributed by atoms with E-state index in [1.165, 1.54) is 11.1 Å². The van der Waals surface area contributed by atoms with E-state index in [1.54, 1.807) is 0 Å². The van der Waals surface area contributed by atoms with Crippen LogP contribution in [0.15, 0.2) is 24.3 Å². The first kappa shape index (κ1) is 10.8. The van der Waals surface area contributed by atoms with Gasteiger partial charge in [-0.05, 0) is 23.5 Å². The molecular formula is C12H17Br. The Bertz CT molecular complexity index is 264. The molecule has 0 aliphatic heterocycles. The molecule has 1 aromatic carbocycles. The molecule has 1 unspecified atom stereocenters. The van der Waals surface area contributed by atoms with E-state index in [0.29, 0.717) is 10.7 Å². The van der Waals surface area contributed by atoms with Gasteiger partial charge in [0.2, 0.25) is 0 Å². The van der Waals surface area contributed by atoms with Crippen molar-refractivity contribution in [1.29, 1.82) is 0 Å². The maximum absolute atomic E-state index is 3.57. The van der Waals surface area contributed by atoms with Crippen molar-refractivity contribution >= 4 is 15.9 Å². The molecule has 0 nitrogen and oxygen atoms in total. The molecule has 1 rings (SSSR count). The molecule has 0 fully saturated rings. The Kier molecular flexibility index (Phi) is 3.98. The summed E-state index contributed by atoms with van der Waals surface area (Å²) in [7, 11) is 0. The minimum Gasteiger partial charge on any atom is -0.0890 e. The van der Waals surface area contributed by atoms with Crippen molar-refractivity contribution < 1.29 is 0 Å². The molecule has 0 aliphatic rings. The smallest absolute Gasteiger partial charge is 0.0157 e. The maximum atomic E-state index is 3.57. The van der Waals surface area contributed by atoms with Crippen LogP contribution >= 0.6 is 15.9 Å². The number of halogens is 1. The van der Waals surface area contributed by atoms with E-state index in [4.69, 9.17) is 0 Å². The van der Waals surface area contributed by atoms with Crippen LogP contribution in [0.1, 0.15) is 37.8 Å². The number of benzene rings is 1. The summed E-state index contributed by atoms with van der Waals surface area (Å²) in [5.74, 6) is 0.630. The third-order valence-electron chi connectivity index (χ3n) is 2.13. The Balaban J connectivity index is 2.79.